The molecule has 0 saturated heterocycles. The summed E-state index contributed by atoms with van der Waals surface area (Å²) in [5, 5.41) is 17.0. The molecule has 0 aliphatic rings. The number of nitrogens with zero attached hydrogens (tertiary/aromatic N) is 3. The topological polar surface area (TPSA) is 73.0 Å². The number of nitro groups is 1. The quantitative estimate of drug-likeness (QED) is 0.502. The first-order chi connectivity index (χ1) is 9.58. The van der Waals surface area contributed by atoms with E-state index >= 15 is 0 Å². The number of hydrogen-bond donors (Lipinski definition) is 1. The number of halogens is 2. The van der Waals surface area contributed by atoms with Crippen molar-refractivity contribution in [2.45, 2.75) is 13.0 Å². The van der Waals surface area contributed by atoms with Crippen LogP contribution in [-0.2, 0) is 6.54 Å². The largest absolute Gasteiger partial charge is 0.380 e. The first kappa shape index (κ1) is 13.9. The third-order valence-corrected chi connectivity index (χ3v) is 2.66. The smallest absolute Gasteiger partial charge is 0.275 e. The molecule has 106 valence electrons. The Morgan fingerprint density at radius 1 is 1.35 bits per heavy atom. The highest BCUT2D eigenvalue weighted by molar-refractivity contribution is 5.51. The Balaban J connectivity index is 1.94. The molecule has 1 aromatic heterocycles. The SMILES string of the molecule is O=[N+]([O-])c1cc(F)c(NCCCn2cccn2)c(F)c1. The Labute approximate surface area is 113 Å². The summed E-state index contributed by atoms with van der Waals surface area (Å²) in [6.45, 7) is 0.932. The molecule has 0 unspecified atom stereocenters. The van der Waals surface area contributed by atoms with Gasteiger partial charge in [-0.1, -0.05) is 0 Å². The third kappa shape index (κ3) is 3.28. The fourth-order valence-electron chi connectivity index (χ4n) is 1.72. The molecule has 1 N–H and O–H groups in total. The lowest BCUT2D eigenvalue weighted by molar-refractivity contribution is -0.385. The van der Waals surface area contributed by atoms with E-state index in [2.05, 4.69) is 10.4 Å². The van der Waals surface area contributed by atoms with Crippen molar-refractivity contribution in [2.24, 2.45) is 0 Å². The molecule has 2 rings (SSSR count). The summed E-state index contributed by atoms with van der Waals surface area (Å²) in [6.07, 6.45) is 4.04. The lowest BCUT2D eigenvalue weighted by atomic mass is 10.2. The predicted molar refractivity (Wildman–Crippen MR) is 68.3 cm³/mol. The number of benzene rings is 1. The van der Waals surface area contributed by atoms with Gasteiger partial charge in [-0.2, -0.15) is 5.10 Å². The lowest BCUT2D eigenvalue weighted by Gasteiger charge is -2.08. The molecule has 1 heterocycles. The zero-order valence-corrected chi connectivity index (χ0v) is 10.4. The molecule has 20 heavy (non-hydrogen) atoms. The molecule has 0 fully saturated rings. The second-order valence-corrected chi connectivity index (χ2v) is 4.09. The van der Waals surface area contributed by atoms with Crippen LogP contribution in [0.15, 0.2) is 30.6 Å². The van der Waals surface area contributed by atoms with Gasteiger partial charge in [0.25, 0.3) is 5.69 Å². The average Bonchev–Trinajstić information content (AvgIpc) is 2.89. The summed E-state index contributed by atoms with van der Waals surface area (Å²) in [4.78, 5) is 9.61. The van der Waals surface area contributed by atoms with Crippen molar-refractivity contribution in [3.63, 3.8) is 0 Å². The van der Waals surface area contributed by atoms with Crippen LogP contribution in [0.2, 0.25) is 0 Å². The van der Waals surface area contributed by atoms with Crippen LogP contribution in [0.5, 0.6) is 0 Å². The highest BCUT2D eigenvalue weighted by atomic mass is 19.1. The predicted octanol–water partition coefficient (Wildman–Crippen LogP) is 2.57. The average molecular weight is 282 g/mol. The number of non-ortho nitro benzene ring substituents is 1. The minimum atomic E-state index is -0.976. The normalized spacial score (nSPS) is 10.5. The minimum Gasteiger partial charge on any atom is -0.380 e. The van der Waals surface area contributed by atoms with E-state index in [9.17, 15) is 18.9 Å². The van der Waals surface area contributed by atoms with Crippen molar-refractivity contribution in [2.75, 3.05) is 11.9 Å². The molecule has 0 amide bonds. The fourth-order valence-corrected chi connectivity index (χ4v) is 1.72. The van der Waals surface area contributed by atoms with Crippen LogP contribution >= 0.6 is 0 Å². The van der Waals surface area contributed by atoms with Crippen LogP contribution in [0, 0.1) is 21.7 Å². The number of rotatable bonds is 6. The van der Waals surface area contributed by atoms with Crippen molar-refractivity contribution >= 4 is 11.4 Å². The van der Waals surface area contributed by atoms with Gasteiger partial charge in [0.05, 0.1) is 17.1 Å². The molecule has 0 radical (unpaired) electrons. The van der Waals surface area contributed by atoms with Crippen LogP contribution < -0.4 is 5.32 Å². The molecule has 0 atom stereocenters. The summed E-state index contributed by atoms with van der Waals surface area (Å²) in [6, 6.07) is 3.17. The number of hydrogen-bond acceptors (Lipinski definition) is 4. The molecule has 1 aromatic carbocycles. The van der Waals surface area contributed by atoms with Gasteiger partial charge in [0, 0.05) is 25.5 Å². The number of nitrogens with one attached hydrogen (secondary N) is 1. The maximum atomic E-state index is 13.5. The van der Waals surface area contributed by atoms with E-state index in [0.29, 0.717) is 31.6 Å². The molecule has 8 heteroatoms. The van der Waals surface area contributed by atoms with E-state index in [0.717, 1.165) is 0 Å². The highest BCUT2D eigenvalue weighted by Crippen LogP contribution is 2.24. The summed E-state index contributed by atoms with van der Waals surface area (Å²) in [5.41, 5.74) is -0.960. The molecule has 0 aliphatic heterocycles. The van der Waals surface area contributed by atoms with Crippen LogP contribution in [0.4, 0.5) is 20.2 Å². The van der Waals surface area contributed by atoms with Gasteiger partial charge in [-0.25, -0.2) is 8.78 Å². The van der Waals surface area contributed by atoms with Crippen LogP contribution in [0.3, 0.4) is 0 Å². The van der Waals surface area contributed by atoms with Gasteiger partial charge in [0.1, 0.15) is 5.69 Å². The van der Waals surface area contributed by atoms with Crippen molar-refractivity contribution < 1.29 is 13.7 Å². The summed E-state index contributed by atoms with van der Waals surface area (Å²) >= 11 is 0. The highest BCUT2D eigenvalue weighted by Gasteiger charge is 2.16. The summed E-state index contributed by atoms with van der Waals surface area (Å²) in [7, 11) is 0. The van der Waals surface area contributed by atoms with E-state index in [1.54, 1.807) is 23.1 Å². The zero-order valence-electron chi connectivity index (χ0n) is 10.4. The van der Waals surface area contributed by atoms with Crippen LogP contribution in [-0.4, -0.2) is 21.2 Å². The second kappa shape index (κ2) is 6.09. The van der Waals surface area contributed by atoms with E-state index in [1.807, 2.05) is 0 Å². The van der Waals surface area contributed by atoms with Gasteiger partial charge in [0.2, 0.25) is 0 Å². The maximum Gasteiger partial charge on any atom is 0.275 e. The maximum absolute atomic E-state index is 13.5. The summed E-state index contributed by atoms with van der Waals surface area (Å²) in [5.74, 6) is -1.95. The Morgan fingerprint density at radius 3 is 2.60 bits per heavy atom. The van der Waals surface area contributed by atoms with Crippen molar-refractivity contribution in [3.8, 4) is 0 Å². The Kier molecular flexibility index (Phi) is 4.24. The minimum absolute atomic E-state index is 0.325. The van der Waals surface area contributed by atoms with Crippen molar-refractivity contribution in [1.29, 1.82) is 0 Å². The van der Waals surface area contributed by atoms with Gasteiger partial charge in [0.15, 0.2) is 11.6 Å². The molecule has 0 saturated carbocycles. The van der Waals surface area contributed by atoms with Gasteiger partial charge in [-0.3, -0.25) is 14.8 Å². The van der Waals surface area contributed by atoms with E-state index in [1.165, 1.54) is 0 Å². The zero-order chi connectivity index (χ0) is 14.5. The van der Waals surface area contributed by atoms with Gasteiger partial charge < -0.3 is 5.32 Å². The fraction of sp³-hybridized carbons (Fsp3) is 0.250. The lowest BCUT2D eigenvalue weighted by Crippen LogP contribution is -2.09. The van der Waals surface area contributed by atoms with Crippen molar-refractivity contribution in [1.82, 2.24) is 9.78 Å². The summed E-state index contributed by atoms with van der Waals surface area (Å²) < 4.78 is 28.8. The molecular formula is C12H12F2N4O2. The van der Waals surface area contributed by atoms with Crippen LogP contribution in [0.25, 0.3) is 0 Å². The Bertz CT molecular complexity index is 579. The number of aromatic nitrogens is 2. The molecular weight excluding hydrogens is 270 g/mol. The molecule has 0 aliphatic carbocycles. The first-order valence-corrected chi connectivity index (χ1v) is 5.92. The van der Waals surface area contributed by atoms with Gasteiger partial charge in [-0.05, 0) is 12.5 Å². The van der Waals surface area contributed by atoms with Crippen molar-refractivity contribution in [3.05, 3.63) is 52.3 Å². The van der Waals surface area contributed by atoms with E-state index in [-0.39, 0.29) is 5.69 Å². The van der Waals surface area contributed by atoms with E-state index < -0.39 is 22.2 Å². The monoisotopic (exact) mass is 282 g/mol. The number of aryl methyl sites for hydroxylation is 1. The number of anilines is 1. The van der Waals surface area contributed by atoms with Crippen LogP contribution in [0.1, 0.15) is 6.42 Å². The molecule has 2 aromatic rings. The Morgan fingerprint density at radius 2 is 2.05 bits per heavy atom. The van der Waals surface area contributed by atoms with Gasteiger partial charge in [-0.15, -0.1) is 0 Å². The van der Waals surface area contributed by atoms with Gasteiger partial charge >= 0.3 is 0 Å². The second-order valence-electron chi connectivity index (χ2n) is 4.09. The molecule has 0 spiro atoms. The molecule has 0 bridgehead atoms. The van der Waals surface area contributed by atoms with E-state index in [4.69, 9.17) is 0 Å². The third-order valence-electron chi connectivity index (χ3n) is 2.66. The number of nitro benzene ring substituents is 1. The standard InChI is InChI=1S/C12H12F2N4O2/c13-10-7-9(18(19)20)8-11(14)12(10)15-3-1-5-17-6-2-4-16-17/h2,4,6-8,15H,1,3,5H2. The first-order valence-electron chi connectivity index (χ1n) is 5.92. The Hall–Kier alpha value is -2.51. The molecule has 6 nitrogen and oxygen atoms in total.